The molecule has 0 saturated carbocycles. The molecule has 0 atom stereocenters. The Morgan fingerprint density at radius 3 is 1.85 bits per heavy atom. The second kappa shape index (κ2) is 8.51. The molecule has 0 aliphatic heterocycles. The molecule has 10 heteroatoms. The molecular weight excluding hydrogens is 455 g/mol. The highest BCUT2D eigenvalue weighted by molar-refractivity contribution is 6.04. The number of carbonyl (C=O) groups is 1. The number of nitrogens with one attached hydrogen (secondary N) is 1. The zero-order valence-electron chi connectivity index (χ0n) is 16.9. The molecule has 3 nitrogen and oxygen atoms in total. The second-order valence-electron chi connectivity index (χ2n) is 7.30. The third-order valence-corrected chi connectivity index (χ3v) is 4.97. The van der Waals surface area contributed by atoms with Gasteiger partial charge in [0.15, 0.2) is 0 Å². The predicted octanol–water partition coefficient (Wildman–Crippen LogP) is 6.37. The fourth-order valence-corrected chi connectivity index (χ4v) is 3.10. The molecule has 2 N–H and O–H groups in total. The van der Waals surface area contributed by atoms with Gasteiger partial charge in [-0.15, -0.1) is 0 Å². The Bertz CT molecular complexity index is 1140. The topological polar surface area (TPSA) is 49.3 Å². The second-order valence-corrected chi connectivity index (χ2v) is 7.30. The van der Waals surface area contributed by atoms with Crippen LogP contribution in [0.2, 0.25) is 0 Å². The van der Waals surface area contributed by atoms with Crippen molar-refractivity contribution in [3.63, 3.8) is 0 Å². The van der Waals surface area contributed by atoms with Crippen LogP contribution in [-0.2, 0) is 5.60 Å². The monoisotopic (exact) mass is 471 g/mol. The number of anilines is 1. The lowest BCUT2D eigenvalue weighted by Gasteiger charge is -2.32. The van der Waals surface area contributed by atoms with Crippen LogP contribution in [0.15, 0.2) is 66.7 Å². The van der Waals surface area contributed by atoms with Crippen LogP contribution in [0.4, 0.5) is 36.4 Å². The summed E-state index contributed by atoms with van der Waals surface area (Å²) in [5.74, 6) is -1.80. The van der Waals surface area contributed by atoms with Gasteiger partial charge in [0, 0.05) is 22.4 Å². The number of hydrogen-bond acceptors (Lipinski definition) is 2. The summed E-state index contributed by atoms with van der Waals surface area (Å²) in [7, 11) is 0. The lowest BCUT2D eigenvalue weighted by atomic mass is 9.90. The van der Waals surface area contributed by atoms with E-state index in [0.29, 0.717) is 23.4 Å². The van der Waals surface area contributed by atoms with Crippen molar-refractivity contribution in [2.24, 2.45) is 0 Å². The predicted molar refractivity (Wildman–Crippen MR) is 107 cm³/mol. The third-order valence-electron chi connectivity index (χ3n) is 4.97. The summed E-state index contributed by atoms with van der Waals surface area (Å²) in [6, 6.07) is 13.3. The quantitative estimate of drug-likeness (QED) is 0.435. The number of hydrogen-bond donors (Lipinski definition) is 2. The van der Waals surface area contributed by atoms with Crippen LogP contribution in [0.5, 0.6) is 0 Å². The molecule has 0 aliphatic rings. The molecule has 3 rings (SSSR count). The van der Waals surface area contributed by atoms with Gasteiger partial charge in [-0.2, -0.15) is 26.3 Å². The number of rotatable bonds is 4. The van der Waals surface area contributed by atoms with Gasteiger partial charge >= 0.3 is 12.4 Å². The van der Waals surface area contributed by atoms with Crippen LogP contribution >= 0.6 is 0 Å². The molecule has 0 spiro atoms. The van der Waals surface area contributed by atoms with E-state index in [9.17, 15) is 40.6 Å². The van der Waals surface area contributed by atoms with E-state index in [4.69, 9.17) is 0 Å². The maximum atomic E-state index is 14.5. The largest absolute Gasteiger partial charge is 0.430 e. The van der Waals surface area contributed by atoms with E-state index in [1.807, 2.05) is 6.92 Å². The summed E-state index contributed by atoms with van der Waals surface area (Å²) in [5.41, 5.74) is -5.36. The van der Waals surface area contributed by atoms with Gasteiger partial charge in [-0.25, -0.2) is 4.39 Å². The van der Waals surface area contributed by atoms with Gasteiger partial charge in [-0.1, -0.05) is 42.0 Å². The van der Waals surface area contributed by atoms with E-state index in [1.54, 1.807) is 24.3 Å². The van der Waals surface area contributed by atoms with Crippen molar-refractivity contribution in [3.8, 4) is 11.1 Å². The first-order valence-electron chi connectivity index (χ1n) is 9.38. The Morgan fingerprint density at radius 2 is 1.36 bits per heavy atom. The Morgan fingerprint density at radius 1 is 0.818 bits per heavy atom. The van der Waals surface area contributed by atoms with Gasteiger partial charge in [-0.05, 0) is 42.8 Å². The number of carbonyl (C=O) groups excluding carboxylic acids is 1. The Kier molecular flexibility index (Phi) is 6.25. The van der Waals surface area contributed by atoms with Crippen LogP contribution in [-0.4, -0.2) is 23.4 Å². The summed E-state index contributed by atoms with van der Waals surface area (Å²) in [6.45, 7) is 1.86. The van der Waals surface area contributed by atoms with Gasteiger partial charge < -0.3 is 10.4 Å². The van der Waals surface area contributed by atoms with Crippen molar-refractivity contribution in [2.75, 3.05) is 5.32 Å². The summed E-state index contributed by atoms with van der Waals surface area (Å²) in [6.07, 6.45) is -12.2. The maximum absolute atomic E-state index is 14.5. The molecule has 0 aliphatic carbocycles. The van der Waals surface area contributed by atoms with Gasteiger partial charge in [0.2, 0.25) is 0 Å². The van der Waals surface area contributed by atoms with E-state index in [0.717, 1.165) is 5.56 Å². The number of amides is 1. The smallest absolute Gasteiger partial charge is 0.369 e. The summed E-state index contributed by atoms with van der Waals surface area (Å²) in [5, 5.41) is 12.0. The minimum Gasteiger partial charge on any atom is -0.369 e. The van der Waals surface area contributed by atoms with E-state index < -0.39 is 35.2 Å². The van der Waals surface area contributed by atoms with E-state index in [2.05, 4.69) is 5.32 Å². The number of aryl methyl sites for hydroxylation is 1. The molecule has 3 aromatic carbocycles. The average molecular weight is 471 g/mol. The lowest BCUT2D eigenvalue weighted by Crippen LogP contribution is -2.53. The highest BCUT2D eigenvalue weighted by Gasteiger charge is 2.71. The zero-order chi connectivity index (χ0) is 24.6. The van der Waals surface area contributed by atoms with Crippen molar-refractivity contribution >= 4 is 11.6 Å². The van der Waals surface area contributed by atoms with Crippen molar-refractivity contribution in [2.45, 2.75) is 24.9 Å². The Balaban J connectivity index is 1.86. The van der Waals surface area contributed by atoms with Gasteiger partial charge in [-0.3, -0.25) is 4.79 Å². The molecule has 1 amide bonds. The molecule has 0 heterocycles. The van der Waals surface area contributed by atoms with Crippen molar-refractivity contribution in [3.05, 3.63) is 89.2 Å². The highest BCUT2D eigenvalue weighted by Crippen LogP contribution is 2.50. The van der Waals surface area contributed by atoms with Crippen molar-refractivity contribution < 1.29 is 40.6 Å². The minimum absolute atomic E-state index is 0.00336. The fourth-order valence-electron chi connectivity index (χ4n) is 3.10. The molecule has 0 saturated heterocycles. The third kappa shape index (κ3) is 4.70. The highest BCUT2D eigenvalue weighted by atomic mass is 19.4. The van der Waals surface area contributed by atoms with Crippen LogP contribution in [0.25, 0.3) is 11.1 Å². The number of halogens is 7. The van der Waals surface area contributed by atoms with Gasteiger partial charge in [0.1, 0.15) is 5.82 Å². The average Bonchev–Trinajstić information content (AvgIpc) is 2.72. The molecule has 3 aromatic rings. The molecule has 0 bridgehead atoms. The first-order valence-corrected chi connectivity index (χ1v) is 9.38. The van der Waals surface area contributed by atoms with Gasteiger partial charge in [0.25, 0.3) is 11.5 Å². The fraction of sp³-hybridized carbons (Fsp3) is 0.174. The molecular formula is C23H16F7NO2. The first kappa shape index (κ1) is 24.2. The molecule has 0 radical (unpaired) electrons. The van der Waals surface area contributed by atoms with Crippen LogP contribution in [0.3, 0.4) is 0 Å². The van der Waals surface area contributed by atoms with E-state index in [-0.39, 0.29) is 17.2 Å². The number of benzene rings is 3. The standard InChI is InChI=1S/C23H16F7NO2/c1-13-2-4-15(5-3-13)20(32)31-17-9-6-14(7-10-17)18-11-8-16(12-19(18)24)21(33,22(25,26)27)23(28,29)30/h2-12,33H,1H3,(H,31,32). The number of alkyl halides is 6. The Hall–Kier alpha value is -3.40. The number of aliphatic hydroxyl groups is 1. The molecule has 0 fully saturated rings. The van der Waals surface area contributed by atoms with Crippen molar-refractivity contribution in [1.29, 1.82) is 0 Å². The van der Waals surface area contributed by atoms with Crippen molar-refractivity contribution in [1.82, 2.24) is 0 Å². The Labute approximate surface area is 183 Å². The normalized spacial score (nSPS) is 12.5. The molecule has 174 valence electrons. The van der Waals surface area contributed by atoms with Crippen LogP contribution in [0, 0.1) is 12.7 Å². The van der Waals surface area contributed by atoms with Crippen LogP contribution in [0.1, 0.15) is 21.5 Å². The van der Waals surface area contributed by atoms with E-state index >= 15 is 0 Å². The van der Waals surface area contributed by atoms with E-state index in [1.165, 1.54) is 24.3 Å². The summed E-state index contributed by atoms with van der Waals surface area (Å²) >= 11 is 0. The summed E-state index contributed by atoms with van der Waals surface area (Å²) < 4.78 is 92.5. The molecule has 33 heavy (non-hydrogen) atoms. The van der Waals surface area contributed by atoms with Crippen LogP contribution < -0.4 is 5.32 Å². The SMILES string of the molecule is Cc1ccc(C(=O)Nc2ccc(-c3ccc(C(O)(C(F)(F)F)C(F)(F)F)cc3F)cc2)cc1. The minimum atomic E-state index is -6.11. The molecule has 0 unspecified atom stereocenters. The lowest BCUT2D eigenvalue weighted by molar-refractivity contribution is -0.376. The zero-order valence-corrected chi connectivity index (χ0v) is 16.9. The maximum Gasteiger partial charge on any atom is 0.430 e. The summed E-state index contributed by atoms with van der Waals surface area (Å²) in [4.78, 5) is 12.2. The van der Waals surface area contributed by atoms with Gasteiger partial charge in [0.05, 0.1) is 0 Å². The molecule has 0 aromatic heterocycles. The first-order chi connectivity index (χ1) is 15.2.